The first-order valence-electron chi connectivity index (χ1n) is 5.31. The molecule has 0 saturated heterocycles. The highest BCUT2D eigenvalue weighted by Crippen LogP contribution is 2.20. The lowest BCUT2D eigenvalue weighted by Gasteiger charge is -2.20. The molecule has 0 atom stereocenters. The number of thiocarbonyl (C=S) groups is 1. The van der Waals surface area contributed by atoms with E-state index in [2.05, 4.69) is 4.90 Å². The third kappa shape index (κ3) is 2.65. The molecular weight excluding hydrogens is 232 g/mol. The molecule has 0 saturated carbocycles. The number of hydrogen-bond acceptors (Lipinski definition) is 3. The van der Waals surface area contributed by atoms with Gasteiger partial charge in [-0.25, -0.2) is 0 Å². The Morgan fingerprint density at radius 3 is 2.71 bits per heavy atom. The van der Waals surface area contributed by atoms with Crippen LogP contribution in [0.15, 0.2) is 47.1 Å². The molecule has 1 heterocycles. The van der Waals surface area contributed by atoms with Crippen LogP contribution in [0.5, 0.6) is 0 Å². The molecule has 0 aliphatic carbocycles. The summed E-state index contributed by atoms with van der Waals surface area (Å²) in [6, 6.07) is 11.6. The molecule has 1 aromatic carbocycles. The van der Waals surface area contributed by atoms with Crippen LogP contribution in [0.3, 0.4) is 0 Å². The average Bonchev–Trinajstić information content (AvgIpc) is 2.81. The Balaban J connectivity index is 2.24. The number of hydrogen-bond donors (Lipinski definition) is 1. The van der Waals surface area contributed by atoms with Gasteiger partial charge in [0.1, 0.15) is 10.7 Å². The Hall–Kier alpha value is -1.81. The second-order valence-electron chi connectivity index (χ2n) is 3.82. The van der Waals surface area contributed by atoms with E-state index >= 15 is 0 Å². The molecule has 17 heavy (non-hydrogen) atoms. The van der Waals surface area contributed by atoms with Crippen LogP contribution in [-0.4, -0.2) is 12.0 Å². The van der Waals surface area contributed by atoms with Crippen LogP contribution in [0.1, 0.15) is 11.3 Å². The first kappa shape index (κ1) is 11.7. The molecule has 4 heteroatoms. The summed E-state index contributed by atoms with van der Waals surface area (Å²) in [7, 11) is 1.99. The first-order valence-corrected chi connectivity index (χ1v) is 5.71. The van der Waals surface area contributed by atoms with E-state index in [1.54, 1.807) is 6.26 Å². The van der Waals surface area contributed by atoms with Gasteiger partial charge in [0.2, 0.25) is 0 Å². The van der Waals surface area contributed by atoms with Crippen molar-refractivity contribution in [2.45, 2.75) is 6.54 Å². The standard InChI is InChI=1S/C13H14N2OS/c1-15(9-10-5-4-8-16-10)12-7-3-2-6-11(12)13(14)17/h2-8H,9H2,1H3,(H2,14,17). The SMILES string of the molecule is CN(Cc1ccco1)c1ccccc1C(N)=S. The molecule has 2 N–H and O–H groups in total. The third-order valence-electron chi connectivity index (χ3n) is 2.55. The smallest absolute Gasteiger partial charge is 0.123 e. The van der Waals surface area contributed by atoms with Crippen molar-refractivity contribution >= 4 is 22.9 Å². The zero-order chi connectivity index (χ0) is 12.3. The molecule has 0 fully saturated rings. The average molecular weight is 246 g/mol. The maximum Gasteiger partial charge on any atom is 0.123 e. The zero-order valence-electron chi connectivity index (χ0n) is 9.59. The van der Waals surface area contributed by atoms with Gasteiger partial charge in [0.15, 0.2) is 0 Å². The van der Waals surface area contributed by atoms with Gasteiger partial charge in [-0.2, -0.15) is 0 Å². The van der Waals surface area contributed by atoms with Crippen molar-refractivity contribution in [2.24, 2.45) is 5.73 Å². The Bertz CT molecular complexity index is 508. The minimum absolute atomic E-state index is 0.409. The number of furan rings is 1. The summed E-state index contributed by atoms with van der Waals surface area (Å²) >= 11 is 5.04. The topological polar surface area (TPSA) is 42.4 Å². The van der Waals surface area contributed by atoms with Crippen molar-refractivity contribution in [2.75, 3.05) is 11.9 Å². The van der Waals surface area contributed by atoms with Gasteiger partial charge in [-0.3, -0.25) is 0 Å². The minimum atomic E-state index is 0.409. The van der Waals surface area contributed by atoms with Crippen LogP contribution in [0, 0.1) is 0 Å². The Morgan fingerprint density at radius 2 is 2.06 bits per heavy atom. The van der Waals surface area contributed by atoms with Crippen LogP contribution in [-0.2, 0) is 6.54 Å². The van der Waals surface area contributed by atoms with E-state index in [4.69, 9.17) is 22.4 Å². The summed E-state index contributed by atoms with van der Waals surface area (Å²) in [5.41, 5.74) is 7.60. The van der Waals surface area contributed by atoms with Gasteiger partial charge < -0.3 is 15.1 Å². The van der Waals surface area contributed by atoms with Gasteiger partial charge in [0, 0.05) is 18.3 Å². The molecule has 3 nitrogen and oxygen atoms in total. The molecule has 0 amide bonds. The number of anilines is 1. The molecule has 0 aliphatic heterocycles. The molecule has 0 spiro atoms. The summed E-state index contributed by atoms with van der Waals surface area (Å²) in [6.45, 7) is 0.687. The predicted molar refractivity (Wildman–Crippen MR) is 73.1 cm³/mol. The number of nitrogens with zero attached hydrogens (tertiary/aromatic N) is 1. The summed E-state index contributed by atoms with van der Waals surface area (Å²) in [4.78, 5) is 2.47. The van der Waals surface area contributed by atoms with Crippen molar-refractivity contribution in [3.63, 3.8) is 0 Å². The quantitative estimate of drug-likeness (QED) is 0.842. The van der Waals surface area contributed by atoms with E-state index in [0.717, 1.165) is 17.0 Å². The van der Waals surface area contributed by atoms with Crippen LogP contribution in [0.4, 0.5) is 5.69 Å². The van der Waals surface area contributed by atoms with E-state index in [1.165, 1.54) is 0 Å². The number of para-hydroxylation sites is 1. The summed E-state index contributed by atoms with van der Waals surface area (Å²) in [6.07, 6.45) is 1.67. The molecule has 88 valence electrons. The number of nitrogens with two attached hydrogens (primary N) is 1. The highest BCUT2D eigenvalue weighted by Gasteiger charge is 2.10. The lowest BCUT2D eigenvalue weighted by Crippen LogP contribution is -2.21. The summed E-state index contributed by atoms with van der Waals surface area (Å²) in [5.74, 6) is 0.908. The summed E-state index contributed by atoms with van der Waals surface area (Å²) < 4.78 is 5.32. The summed E-state index contributed by atoms with van der Waals surface area (Å²) in [5, 5.41) is 0. The van der Waals surface area contributed by atoms with E-state index in [0.29, 0.717) is 11.5 Å². The van der Waals surface area contributed by atoms with E-state index in [1.807, 2.05) is 43.4 Å². The van der Waals surface area contributed by atoms with Gasteiger partial charge >= 0.3 is 0 Å². The molecule has 0 aliphatic rings. The zero-order valence-corrected chi connectivity index (χ0v) is 10.4. The molecule has 1 aromatic heterocycles. The number of benzene rings is 1. The lowest BCUT2D eigenvalue weighted by atomic mass is 10.1. The molecule has 0 bridgehead atoms. The van der Waals surface area contributed by atoms with Crippen molar-refractivity contribution in [1.29, 1.82) is 0 Å². The fourth-order valence-electron chi connectivity index (χ4n) is 1.74. The fraction of sp³-hybridized carbons (Fsp3) is 0.154. The number of rotatable bonds is 4. The fourth-order valence-corrected chi connectivity index (χ4v) is 1.91. The van der Waals surface area contributed by atoms with Gasteiger partial charge in [0.25, 0.3) is 0 Å². The van der Waals surface area contributed by atoms with E-state index < -0.39 is 0 Å². The van der Waals surface area contributed by atoms with Crippen molar-refractivity contribution in [1.82, 2.24) is 0 Å². The predicted octanol–water partition coefficient (Wildman–Crippen LogP) is 2.55. The van der Waals surface area contributed by atoms with Crippen LogP contribution >= 0.6 is 12.2 Å². The Morgan fingerprint density at radius 1 is 1.29 bits per heavy atom. The largest absolute Gasteiger partial charge is 0.467 e. The molecule has 2 aromatic rings. The second-order valence-corrected chi connectivity index (χ2v) is 4.26. The Kier molecular flexibility index (Phi) is 3.44. The monoisotopic (exact) mass is 246 g/mol. The first-order chi connectivity index (χ1) is 8.18. The highest BCUT2D eigenvalue weighted by molar-refractivity contribution is 7.80. The van der Waals surface area contributed by atoms with Crippen LogP contribution in [0.25, 0.3) is 0 Å². The minimum Gasteiger partial charge on any atom is -0.467 e. The van der Waals surface area contributed by atoms with Crippen LogP contribution < -0.4 is 10.6 Å². The molecular formula is C13H14N2OS. The van der Waals surface area contributed by atoms with Gasteiger partial charge in [-0.1, -0.05) is 24.4 Å². The lowest BCUT2D eigenvalue weighted by molar-refractivity contribution is 0.507. The van der Waals surface area contributed by atoms with Gasteiger partial charge in [-0.15, -0.1) is 0 Å². The Labute approximate surface area is 106 Å². The van der Waals surface area contributed by atoms with Crippen molar-refractivity contribution in [3.8, 4) is 0 Å². The molecule has 0 unspecified atom stereocenters. The molecule has 0 radical (unpaired) electrons. The van der Waals surface area contributed by atoms with E-state index in [9.17, 15) is 0 Å². The van der Waals surface area contributed by atoms with Gasteiger partial charge in [0.05, 0.1) is 12.8 Å². The maximum absolute atomic E-state index is 5.71. The van der Waals surface area contributed by atoms with E-state index in [-0.39, 0.29) is 0 Å². The third-order valence-corrected chi connectivity index (χ3v) is 2.77. The highest BCUT2D eigenvalue weighted by atomic mass is 32.1. The van der Waals surface area contributed by atoms with Crippen LogP contribution in [0.2, 0.25) is 0 Å². The normalized spacial score (nSPS) is 10.2. The second kappa shape index (κ2) is 5.01. The van der Waals surface area contributed by atoms with Crippen molar-refractivity contribution < 1.29 is 4.42 Å². The molecule has 2 rings (SSSR count). The maximum atomic E-state index is 5.71. The van der Waals surface area contributed by atoms with Crippen molar-refractivity contribution in [3.05, 3.63) is 54.0 Å². The van der Waals surface area contributed by atoms with Gasteiger partial charge in [-0.05, 0) is 24.3 Å².